The minimum Gasteiger partial charge on any atom is -0.212 e. The van der Waals surface area contributed by atoms with Crippen LogP contribution >= 0.6 is 58.0 Å². The molecular weight excluding hydrogens is 301 g/mol. The molecule has 0 fully saturated rings. The van der Waals surface area contributed by atoms with Crippen LogP contribution in [0.2, 0.25) is 0 Å². The highest BCUT2D eigenvalue weighted by Gasteiger charge is 2.69. The Morgan fingerprint density at radius 3 is 1.23 bits per heavy atom. The lowest BCUT2D eigenvalue weighted by Crippen LogP contribution is -2.52. The van der Waals surface area contributed by atoms with E-state index in [1.54, 1.807) is 0 Å². The molecule has 0 aliphatic heterocycles. The molecule has 0 aliphatic rings. The summed E-state index contributed by atoms with van der Waals surface area (Å²) in [5, 5.41) is -4.41. The predicted molar refractivity (Wildman–Crippen MR) is 45.7 cm³/mol. The maximum Gasteiger partial charge on any atom is 0.440 e. The van der Waals surface area contributed by atoms with Crippen LogP contribution in [0.3, 0.4) is 0 Å². The van der Waals surface area contributed by atoms with Crippen molar-refractivity contribution >= 4 is 58.0 Å². The quantitative estimate of drug-likeness (QED) is 0.523. The number of halogens is 9. The maximum atomic E-state index is 12.8. The Morgan fingerprint density at radius 2 is 1.15 bits per heavy atom. The highest BCUT2D eigenvalue weighted by Crippen LogP contribution is 2.54. The second kappa shape index (κ2) is 3.97. The summed E-state index contributed by atoms with van der Waals surface area (Å²) < 4.78 is 45.4. The molecule has 13 heavy (non-hydrogen) atoms. The molecule has 0 aliphatic carbocycles. The standard InChI is InChI=1S/C4HCl5F4/c5-1(6)2(7,8)3(9,10)4(11,12)13/h1H. The molecule has 0 amide bonds. The zero-order valence-corrected chi connectivity index (χ0v) is 9.26. The average Bonchev–Trinajstić information content (AvgIpc) is 1.84. The van der Waals surface area contributed by atoms with Crippen LogP contribution in [0.25, 0.3) is 0 Å². The molecule has 0 radical (unpaired) electrons. The van der Waals surface area contributed by atoms with Crippen molar-refractivity contribution in [1.29, 1.82) is 0 Å². The molecule has 0 saturated carbocycles. The first-order valence-electron chi connectivity index (χ1n) is 2.55. The second-order valence-electron chi connectivity index (χ2n) is 2.00. The minimum absolute atomic E-state index is 2.03. The molecule has 0 aromatic rings. The second-order valence-corrected chi connectivity index (χ2v) is 5.00. The lowest BCUT2D eigenvalue weighted by Gasteiger charge is -2.33. The summed E-state index contributed by atoms with van der Waals surface area (Å²) in [6, 6.07) is 0. The predicted octanol–water partition coefficient (Wildman–Crippen LogP) is 4.43. The van der Waals surface area contributed by atoms with Crippen molar-refractivity contribution in [3.8, 4) is 0 Å². The zero-order valence-electron chi connectivity index (χ0n) is 5.48. The van der Waals surface area contributed by atoms with Gasteiger partial charge in [-0.25, -0.2) is 4.39 Å². The Labute approximate surface area is 96.0 Å². The summed E-state index contributed by atoms with van der Waals surface area (Å²) >= 11 is 24.2. The summed E-state index contributed by atoms with van der Waals surface area (Å²) in [4.78, 5) is -2.03. The number of hydrogen-bond donors (Lipinski definition) is 0. The van der Waals surface area contributed by atoms with Crippen LogP contribution in [0, 0.1) is 0 Å². The van der Waals surface area contributed by atoms with Crippen molar-refractivity contribution in [3.63, 3.8) is 0 Å². The fourth-order valence-electron chi connectivity index (χ4n) is 0.326. The molecule has 0 spiro atoms. The van der Waals surface area contributed by atoms with Crippen LogP contribution in [-0.2, 0) is 0 Å². The molecule has 0 N–H and O–H groups in total. The van der Waals surface area contributed by atoms with Gasteiger partial charge < -0.3 is 0 Å². The SMILES string of the molecule is FC(F)(F)C(F)(Cl)C(Cl)(Cl)C(Cl)Cl. The molecule has 1 atom stereocenters. The van der Waals surface area contributed by atoms with Crippen LogP contribution < -0.4 is 0 Å². The largest absolute Gasteiger partial charge is 0.440 e. The molecule has 0 bridgehead atoms. The highest BCUT2D eigenvalue weighted by molar-refractivity contribution is 6.62. The Bertz CT molecular complexity index is 185. The van der Waals surface area contributed by atoms with Crippen LogP contribution in [0.4, 0.5) is 17.6 Å². The van der Waals surface area contributed by atoms with Gasteiger partial charge in [-0.2, -0.15) is 13.2 Å². The van der Waals surface area contributed by atoms with Gasteiger partial charge >= 0.3 is 11.3 Å². The molecule has 0 rings (SSSR count). The third-order valence-corrected chi connectivity index (χ3v) is 3.81. The summed E-state index contributed by atoms with van der Waals surface area (Å²) in [6.07, 6.45) is -5.47. The van der Waals surface area contributed by atoms with Gasteiger partial charge in [0.15, 0.2) is 0 Å². The van der Waals surface area contributed by atoms with E-state index in [-0.39, 0.29) is 0 Å². The van der Waals surface area contributed by atoms with Crippen molar-refractivity contribution in [1.82, 2.24) is 0 Å². The van der Waals surface area contributed by atoms with Crippen molar-refractivity contribution in [2.24, 2.45) is 0 Å². The summed E-state index contributed by atoms with van der Waals surface area (Å²) in [5.41, 5.74) is 0. The normalized spacial score (nSPS) is 18.9. The first-order valence-corrected chi connectivity index (χ1v) is 4.55. The molecule has 80 valence electrons. The summed E-state index contributed by atoms with van der Waals surface area (Å²) in [7, 11) is 0. The Balaban J connectivity index is 5.04. The first-order chi connectivity index (χ1) is 5.44. The van der Waals surface area contributed by atoms with E-state index in [0.717, 1.165) is 0 Å². The molecule has 0 heterocycles. The van der Waals surface area contributed by atoms with Gasteiger partial charge in [-0.3, -0.25) is 0 Å². The van der Waals surface area contributed by atoms with Crippen LogP contribution in [0.15, 0.2) is 0 Å². The van der Waals surface area contributed by atoms with Gasteiger partial charge in [0, 0.05) is 0 Å². The van der Waals surface area contributed by atoms with Crippen LogP contribution in [0.1, 0.15) is 0 Å². The van der Waals surface area contributed by atoms with Gasteiger partial charge in [-0.1, -0.05) is 34.8 Å². The first kappa shape index (κ1) is 14.2. The Hall–Kier alpha value is 1.17. The third kappa shape index (κ3) is 2.59. The van der Waals surface area contributed by atoms with E-state index in [1.165, 1.54) is 0 Å². The lowest BCUT2D eigenvalue weighted by atomic mass is 10.2. The average molecular weight is 302 g/mol. The lowest BCUT2D eigenvalue weighted by molar-refractivity contribution is -0.201. The van der Waals surface area contributed by atoms with Gasteiger partial charge in [0.05, 0.1) is 0 Å². The van der Waals surface area contributed by atoms with Gasteiger partial charge in [-0.15, -0.1) is 23.2 Å². The Morgan fingerprint density at radius 1 is 0.846 bits per heavy atom. The van der Waals surface area contributed by atoms with Crippen molar-refractivity contribution in [3.05, 3.63) is 0 Å². The Kier molecular flexibility index (Phi) is 4.33. The van der Waals surface area contributed by atoms with Gasteiger partial charge in [0.1, 0.15) is 4.84 Å². The number of hydrogen-bond acceptors (Lipinski definition) is 0. The van der Waals surface area contributed by atoms with E-state index < -0.39 is 20.5 Å². The monoisotopic (exact) mass is 300 g/mol. The third-order valence-electron chi connectivity index (χ3n) is 1.05. The smallest absolute Gasteiger partial charge is 0.212 e. The van der Waals surface area contributed by atoms with E-state index in [0.29, 0.717) is 0 Å². The molecule has 0 nitrogen and oxygen atoms in total. The van der Waals surface area contributed by atoms with E-state index >= 15 is 0 Å². The van der Waals surface area contributed by atoms with Crippen molar-refractivity contribution < 1.29 is 17.6 Å². The fraction of sp³-hybridized carbons (Fsp3) is 1.00. The van der Waals surface area contributed by atoms with E-state index in [1.807, 2.05) is 0 Å². The fourth-order valence-corrected chi connectivity index (χ4v) is 1.06. The maximum absolute atomic E-state index is 12.8. The van der Waals surface area contributed by atoms with Crippen LogP contribution in [0.5, 0.6) is 0 Å². The van der Waals surface area contributed by atoms with Gasteiger partial charge in [0.25, 0.3) is 0 Å². The zero-order chi connectivity index (χ0) is 11.1. The van der Waals surface area contributed by atoms with Crippen molar-refractivity contribution in [2.45, 2.75) is 20.5 Å². The molecule has 1 unspecified atom stereocenters. The number of alkyl halides is 9. The molecule has 0 saturated heterocycles. The van der Waals surface area contributed by atoms with Crippen LogP contribution in [-0.4, -0.2) is 20.5 Å². The summed E-state index contributed by atoms with van der Waals surface area (Å²) in [6.45, 7) is 0. The van der Waals surface area contributed by atoms with E-state index in [9.17, 15) is 17.6 Å². The molecule has 0 aromatic carbocycles. The summed E-state index contributed by atoms with van der Waals surface area (Å²) in [5.74, 6) is 0. The van der Waals surface area contributed by atoms with Gasteiger partial charge in [-0.05, 0) is 0 Å². The molecule has 0 aromatic heterocycles. The van der Waals surface area contributed by atoms with Crippen molar-refractivity contribution in [2.75, 3.05) is 0 Å². The van der Waals surface area contributed by atoms with E-state index in [4.69, 9.17) is 46.4 Å². The number of rotatable bonds is 2. The van der Waals surface area contributed by atoms with E-state index in [2.05, 4.69) is 11.6 Å². The topological polar surface area (TPSA) is 0 Å². The van der Waals surface area contributed by atoms with Gasteiger partial charge in [0.2, 0.25) is 4.33 Å². The minimum atomic E-state index is -5.47. The molecular formula is C4HCl5F4. The highest BCUT2D eigenvalue weighted by atomic mass is 35.5. The molecule has 9 heteroatoms.